The molecule has 0 bridgehead atoms. The van der Waals surface area contributed by atoms with Crippen LogP contribution in [0.1, 0.15) is 5.56 Å². The molecule has 3 nitrogen and oxygen atoms in total. The van der Waals surface area contributed by atoms with Crippen LogP contribution >= 0.6 is 0 Å². The summed E-state index contributed by atoms with van der Waals surface area (Å²) in [6.45, 7) is 0. The molecule has 0 radical (unpaired) electrons. The molecule has 1 unspecified atom stereocenters. The molecule has 2 rings (SSSR count). The van der Waals surface area contributed by atoms with E-state index in [1.54, 1.807) is 0 Å². The van der Waals surface area contributed by atoms with Gasteiger partial charge in [0.15, 0.2) is 12.0 Å². The molecule has 1 heterocycles. The normalized spacial score (nSPS) is 21.2. The SMILES string of the molecule is CNC1Cc2ccccc2OO1. The number of likely N-dealkylation sites (N-methyl/N-ethyl adjacent to an activating group) is 1. The second kappa shape index (κ2) is 3.13. The molecule has 0 aliphatic carbocycles. The Hall–Kier alpha value is -1.06. The molecule has 1 aliphatic rings. The number of hydrogen-bond acceptors (Lipinski definition) is 3. The number of fused-ring (bicyclic) bond motifs is 1. The van der Waals surface area contributed by atoms with Gasteiger partial charge in [0.1, 0.15) is 0 Å². The molecule has 0 amide bonds. The summed E-state index contributed by atoms with van der Waals surface area (Å²) in [6.07, 6.45) is 0.826. The summed E-state index contributed by atoms with van der Waals surface area (Å²) in [5, 5.41) is 3.00. The smallest absolute Gasteiger partial charge is 0.168 e. The summed E-state index contributed by atoms with van der Waals surface area (Å²) in [7, 11) is 1.85. The lowest BCUT2D eigenvalue weighted by atomic mass is 10.1. The van der Waals surface area contributed by atoms with Crippen LogP contribution in [0.15, 0.2) is 24.3 Å². The zero-order valence-corrected chi connectivity index (χ0v) is 6.91. The Bertz CT molecular complexity index is 275. The van der Waals surface area contributed by atoms with Crippen molar-refractivity contribution in [3.05, 3.63) is 29.8 Å². The first-order chi connectivity index (χ1) is 5.90. The van der Waals surface area contributed by atoms with Crippen molar-refractivity contribution >= 4 is 0 Å². The Morgan fingerprint density at radius 3 is 3.08 bits per heavy atom. The first kappa shape index (κ1) is 7.58. The van der Waals surface area contributed by atoms with Gasteiger partial charge in [0.05, 0.1) is 0 Å². The van der Waals surface area contributed by atoms with Crippen LogP contribution in [0.3, 0.4) is 0 Å². The maximum Gasteiger partial charge on any atom is 0.168 e. The van der Waals surface area contributed by atoms with Crippen LogP contribution in [0.4, 0.5) is 0 Å². The Morgan fingerprint density at radius 1 is 1.42 bits per heavy atom. The van der Waals surface area contributed by atoms with E-state index in [-0.39, 0.29) is 6.23 Å². The fourth-order valence-corrected chi connectivity index (χ4v) is 1.25. The minimum atomic E-state index is -0.0279. The summed E-state index contributed by atoms with van der Waals surface area (Å²) in [6, 6.07) is 7.88. The summed E-state index contributed by atoms with van der Waals surface area (Å²) < 4.78 is 0. The highest BCUT2D eigenvalue weighted by Gasteiger charge is 2.18. The van der Waals surface area contributed by atoms with Gasteiger partial charge in [-0.2, -0.15) is 4.89 Å². The van der Waals surface area contributed by atoms with Crippen molar-refractivity contribution in [2.24, 2.45) is 0 Å². The van der Waals surface area contributed by atoms with Gasteiger partial charge in [0.25, 0.3) is 0 Å². The third-order valence-electron chi connectivity index (χ3n) is 1.95. The zero-order chi connectivity index (χ0) is 8.39. The number of hydrogen-bond donors (Lipinski definition) is 1. The lowest BCUT2D eigenvalue weighted by molar-refractivity contribution is -0.261. The van der Waals surface area contributed by atoms with E-state index in [4.69, 9.17) is 9.78 Å². The molecule has 1 aromatic rings. The van der Waals surface area contributed by atoms with Crippen LogP contribution in [0.2, 0.25) is 0 Å². The van der Waals surface area contributed by atoms with E-state index in [0.717, 1.165) is 12.2 Å². The molecular weight excluding hydrogens is 154 g/mol. The van der Waals surface area contributed by atoms with Crippen molar-refractivity contribution in [2.45, 2.75) is 12.6 Å². The average Bonchev–Trinajstić information content (AvgIpc) is 2.17. The molecule has 1 N–H and O–H groups in total. The predicted molar refractivity (Wildman–Crippen MR) is 44.7 cm³/mol. The van der Waals surface area contributed by atoms with Crippen LogP contribution in [-0.4, -0.2) is 13.3 Å². The number of para-hydroxylation sites is 1. The van der Waals surface area contributed by atoms with E-state index in [2.05, 4.69) is 5.32 Å². The minimum Gasteiger partial charge on any atom is -0.336 e. The van der Waals surface area contributed by atoms with Crippen LogP contribution in [0.25, 0.3) is 0 Å². The highest BCUT2D eigenvalue weighted by molar-refractivity contribution is 5.34. The average molecular weight is 165 g/mol. The van der Waals surface area contributed by atoms with E-state index in [0.29, 0.717) is 0 Å². The Labute approximate surface area is 71.2 Å². The molecule has 64 valence electrons. The molecule has 0 saturated carbocycles. The molecule has 1 aromatic carbocycles. The summed E-state index contributed by atoms with van der Waals surface area (Å²) in [4.78, 5) is 10.1. The van der Waals surface area contributed by atoms with Crippen molar-refractivity contribution < 1.29 is 9.78 Å². The maximum atomic E-state index is 5.06. The standard InChI is InChI=1S/C9H11NO2/c1-10-9-6-7-4-2-3-5-8(7)11-12-9/h2-5,9-10H,6H2,1H3. The summed E-state index contributed by atoms with van der Waals surface area (Å²) in [5.74, 6) is 0.823. The fraction of sp³-hybridized carbons (Fsp3) is 0.333. The number of rotatable bonds is 1. The van der Waals surface area contributed by atoms with E-state index < -0.39 is 0 Å². The van der Waals surface area contributed by atoms with E-state index >= 15 is 0 Å². The predicted octanol–water partition coefficient (Wildman–Crippen LogP) is 1.10. The molecule has 0 aromatic heterocycles. The van der Waals surface area contributed by atoms with Crippen molar-refractivity contribution in [1.29, 1.82) is 0 Å². The Morgan fingerprint density at radius 2 is 2.25 bits per heavy atom. The number of benzene rings is 1. The topological polar surface area (TPSA) is 30.5 Å². The largest absolute Gasteiger partial charge is 0.336 e. The molecule has 1 atom stereocenters. The third kappa shape index (κ3) is 1.29. The van der Waals surface area contributed by atoms with E-state index in [9.17, 15) is 0 Å². The first-order valence-electron chi connectivity index (χ1n) is 3.98. The van der Waals surface area contributed by atoms with Gasteiger partial charge < -0.3 is 4.89 Å². The van der Waals surface area contributed by atoms with Crippen LogP contribution in [0.5, 0.6) is 5.75 Å². The van der Waals surface area contributed by atoms with Crippen molar-refractivity contribution in [3.63, 3.8) is 0 Å². The van der Waals surface area contributed by atoms with Crippen LogP contribution < -0.4 is 10.2 Å². The van der Waals surface area contributed by atoms with Gasteiger partial charge in [0.2, 0.25) is 0 Å². The first-order valence-corrected chi connectivity index (χ1v) is 3.98. The molecule has 0 spiro atoms. The third-order valence-corrected chi connectivity index (χ3v) is 1.95. The second-order valence-electron chi connectivity index (χ2n) is 2.77. The van der Waals surface area contributed by atoms with Gasteiger partial charge in [-0.1, -0.05) is 18.2 Å². The lowest BCUT2D eigenvalue weighted by Crippen LogP contribution is -2.34. The quantitative estimate of drug-likeness (QED) is 0.632. The molecule has 12 heavy (non-hydrogen) atoms. The number of nitrogens with one attached hydrogen (secondary N) is 1. The van der Waals surface area contributed by atoms with E-state index in [1.807, 2.05) is 31.3 Å². The zero-order valence-electron chi connectivity index (χ0n) is 6.91. The highest BCUT2D eigenvalue weighted by atomic mass is 17.2. The van der Waals surface area contributed by atoms with E-state index in [1.165, 1.54) is 5.56 Å². The highest BCUT2D eigenvalue weighted by Crippen LogP contribution is 2.24. The van der Waals surface area contributed by atoms with Gasteiger partial charge in [-0.05, 0) is 13.1 Å². The van der Waals surface area contributed by atoms with Crippen molar-refractivity contribution in [1.82, 2.24) is 5.32 Å². The van der Waals surface area contributed by atoms with Gasteiger partial charge >= 0.3 is 0 Å². The molecule has 0 saturated heterocycles. The summed E-state index contributed by atoms with van der Waals surface area (Å²) in [5.41, 5.74) is 1.18. The van der Waals surface area contributed by atoms with Gasteiger partial charge in [-0.15, -0.1) is 0 Å². The Kier molecular flexibility index (Phi) is 1.98. The monoisotopic (exact) mass is 165 g/mol. The van der Waals surface area contributed by atoms with Gasteiger partial charge in [-0.3, -0.25) is 5.32 Å². The minimum absolute atomic E-state index is 0.0279. The van der Waals surface area contributed by atoms with Crippen LogP contribution in [-0.2, 0) is 11.3 Å². The van der Waals surface area contributed by atoms with Crippen molar-refractivity contribution in [2.75, 3.05) is 7.05 Å². The lowest BCUT2D eigenvalue weighted by Gasteiger charge is -2.22. The molecular formula is C9H11NO2. The maximum absolute atomic E-state index is 5.06. The molecule has 1 aliphatic heterocycles. The second-order valence-corrected chi connectivity index (χ2v) is 2.77. The summed E-state index contributed by atoms with van der Waals surface area (Å²) >= 11 is 0. The Balaban J connectivity index is 2.23. The van der Waals surface area contributed by atoms with Crippen molar-refractivity contribution in [3.8, 4) is 5.75 Å². The molecule has 0 fully saturated rings. The van der Waals surface area contributed by atoms with Crippen LogP contribution in [0, 0.1) is 0 Å². The van der Waals surface area contributed by atoms with Gasteiger partial charge in [-0.25, -0.2) is 0 Å². The molecule has 3 heteroatoms. The fourth-order valence-electron chi connectivity index (χ4n) is 1.25. The van der Waals surface area contributed by atoms with Gasteiger partial charge in [0, 0.05) is 12.0 Å².